The first-order valence-electron chi connectivity index (χ1n) is 5.92. The van der Waals surface area contributed by atoms with E-state index in [1.54, 1.807) is 19.4 Å². The molecule has 1 unspecified atom stereocenters. The lowest BCUT2D eigenvalue weighted by molar-refractivity contribution is -0.146. The highest BCUT2D eigenvalue weighted by Crippen LogP contribution is 2.14. The van der Waals surface area contributed by atoms with Gasteiger partial charge in [0.25, 0.3) is 0 Å². The molecule has 1 heterocycles. The Morgan fingerprint density at radius 2 is 2.29 bits per heavy atom. The first-order chi connectivity index (χ1) is 8.06. The Labute approximate surface area is 102 Å². The monoisotopic (exact) mass is 239 g/mol. The van der Waals surface area contributed by atoms with E-state index in [1.807, 2.05) is 11.6 Å². The molecule has 1 rings (SSSR count). The van der Waals surface area contributed by atoms with E-state index >= 15 is 0 Å². The van der Waals surface area contributed by atoms with Crippen LogP contribution in [-0.2, 0) is 16.6 Å². The van der Waals surface area contributed by atoms with E-state index < -0.39 is 6.04 Å². The van der Waals surface area contributed by atoms with Gasteiger partial charge in [-0.3, -0.25) is 5.32 Å². The molecule has 96 valence electrons. The van der Waals surface area contributed by atoms with Crippen molar-refractivity contribution in [1.29, 1.82) is 0 Å². The van der Waals surface area contributed by atoms with Crippen molar-refractivity contribution in [2.45, 2.75) is 26.8 Å². The highest BCUT2D eigenvalue weighted by Gasteiger charge is 2.24. The lowest BCUT2D eigenvalue weighted by atomic mass is 10.1. The summed E-state index contributed by atoms with van der Waals surface area (Å²) in [4.78, 5) is 15.9. The molecule has 0 spiro atoms. The predicted molar refractivity (Wildman–Crippen MR) is 65.4 cm³/mol. The van der Waals surface area contributed by atoms with Crippen LogP contribution in [0.1, 0.15) is 32.5 Å². The van der Waals surface area contributed by atoms with Crippen molar-refractivity contribution in [2.24, 2.45) is 13.0 Å². The van der Waals surface area contributed by atoms with E-state index in [9.17, 15) is 4.79 Å². The maximum atomic E-state index is 11.9. The number of nitrogens with one attached hydrogen (secondary N) is 1. The number of nitrogens with zero attached hydrogens (tertiary/aromatic N) is 2. The van der Waals surface area contributed by atoms with Crippen molar-refractivity contribution >= 4 is 5.97 Å². The Bertz CT molecular complexity index is 360. The average molecular weight is 239 g/mol. The third kappa shape index (κ3) is 3.85. The zero-order chi connectivity index (χ0) is 12.8. The van der Waals surface area contributed by atoms with Crippen molar-refractivity contribution in [2.75, 3.05) is 13.2 Å². The summed E-state index contributed by atoms with van der Waals surface area (Å²) in [6, 6.07) is -0.440. The average Bonchev–Trinajstić information content (AvgIpc) is 2.65. The van der Waals surface area contributed by atoms with Gasteiger partial charge in [0.15, 0.2) is 0 Å². The lowest BCUT2D eigenvalue weighted by Crippen LogP contribution is -2.33. The smallest absolute Gasteiger partial charge is 0.329 e. The summed E-state index contributed by atoms with van der Waals surface area (Å²) in [5.74, 6) is 0.219. The van der Waals surface area contributed by atoms with Gasteiger partial charge in [-0.15, -0.1) is 0 Å². The SMILES string of the molecule is CCOC(=O)C(NCC(C)C)c1cncn1C. The third-order valence-electron chi connectivity index (χ3n) is 2.40. The summed E-state index contributed by atoms with van der Waals surface area (Å²) in [6.45, 7) is 7.14. The summed E-state index contributed by atoms with van der Waals surface area (Å²) in [6.07, 6.45) is 3.37. The highest BCUT2D eigenvalue weighted by atomic mass is 16.5. The fraction of sp³-hybridized carbons (Fsp3) is 0.667. The molecule has 0 aliphatic rings. The van der Waals surface area contributed by atoms with Gasteiger partial charge in [0.05, 0.1) is 24.8 Å². The molecule has 1 aromatic rings. The van der Waals surface area contributed by atoms with Gasteiger partial charge in [-0.25, -0.2) is 9.78 Å². The Morgan fingerprint density at radius 3 is 2.76 bits per heavy atom. The molecule has 0 aliphatic carbocycles. The van der Waals surface area contributed by atoms with Crippen LogP contribution in [0.4, 0.5) is 0 Å². The van der Waals surface area contributed by atoms with Crippen LogP contribution in [0.5, 0.6) is 0 Å². The largest absolute Gasteiger partial charge is 0.465 e. The van der Waals surface area contributed by atoms with Crippen LogP contribution in [0.15, 0.2) is 12.5 Å². The number of imidazole rings is 1. The molecule has 0 bridgehead atoms. The number of rotatable bonds is 6. The minimum absolute atomic E-state index is 0.253. The number of esters is 1. The third-order valence-corrected chi connectivity index (χ3v) is 2.40. The minimum Gasteiger partial charge on any atom is -0.465 e. The molecule has 0 aliphatic heterocycles. The van der Waals surface area contributed by atoms with Crippen LogP contribution >= 0.6 is 0 Å². The summed E-state index contributed by atoms with van der Waals surface area (Å²) >= 11 is 0. The van der Waals surface area contributed by atoms with Crippen LogP contribution in [-0.4, -0.2) is 28.7 Å². The number of hydrogen-bond donors (Lipinski definition) is 1. The number of aryl methyl sites for hydroxylation is 1. The molecular formula is C12H21N3O2. The van der Waals surface area contributed by atoms with Crippen molar-refractivity contribution in [3.05, 3.63) is 18.2 Å². The van der Waals surface area contributed by atoms with Gasteiger partial charge in [-0.05, 0) is 19.4 Å². The maximum Gasteiger partial charge on any atom is 0.329 e. The first kappa shape index (κ1) is 13.7. The summed E-state index contributed by atoms with van der Waals surface area (Å²) < 4.78 is 6.90. The number of hydrogen-bond acceptors (Lipinski definition) is 4. The van der Waals surface area contributed by atoms with Gasteiger partial charge in [0.1, 0.15) is 6.04 Å². The van der Waals surface area contributed by atoms with Gasteiger partial charge in [-0.1, -0.05) is 13.8 Å². The Hall–Kier alpha value is -1.36. The van der Waals surface area contributed by atoms with Crippen LogP contribution < -0.4 is 5.32 Å². The summed E-state index contributed by atoms with van der Waals surface area (Å²) in [5, 5.41) is 3.21. The van der Waals surface area contributed by atoms with Gasteiger partial charge < -0.3 is 9.30 Å². The molecule has 1 atom stereocenters. The maximum absolute atomic E-state index is 11.9. The standard InChI is InChI=1S/C12H21N3O2/c1-5-17-12(16)11(14-6-9(2)3)10-7-13-8-15(10)4/h7-9,11,14H,5-6H2,1-4H3. The van der Waals surface area contributed by atoms with E-state index in [0.717, 1.165) is 12.2 Å². The molecular weight excluding hydrogens is 218 g/mol. The van der Waals surface area contributed by atoms with E-state index in [0.29, 0.717) is 12.5 Å². The van der Waals surface area contributed by atoms with Gasteiger partial charge >= 0.3 is 5.97 Å². The lowest BCUT2D eigenvalue weighted by Gasteiger charge is -2.18. The van der Waals surface area contributed by atoms with Crippen molar-refractivity contribution in [3.8, 4) is 0 Å². The second-order valence-electron chi connectivity index (χ2n) is 4.42. The van der Waals surface area contributed by atoms with Crippen LogP contribution in [0.2, 0.25) is 0 Å². The van der Waals surface area contributed by atoms with Crippen molar-refractivity contribution < 1.29 is 9.53 Å². The molecule has 0 aromatic carbocycles. The van der Waals surface area contributed by atoms with E-state index in [4.69, 9.17) is 4.74 Å². The van der Waals surface area contributed by atoms with Gasteiger partial charge in [-0.2, -0.15) is 0 Å². The number of aromatic nitrogens is 2. The molecule has 0 saturated heterocycles. The fourth-order valence-electron chi connectivity index (χ4n) is 1.53. The molecule has 0 saturated carbocycles. The fourth-order valence-corrected chi connectivity index (χ4v) is 1.53. The number of carbonyl (C=O) groups is 1. The van der Waals surface area contributed by atoms with E-state index in [2.05, 4.69) is 24.1 Å². The van der Waals surface area contributed by atoms with Crippen LogP contribution in [0.25, 0.3) is 0 Å². The Morgan fingerprint density at radius 1 is 1.59 bits per heavy atom. The minimum atomic E-state index is -0.440. The van der Waals surface area contributed by atoms with Crippen molar-refractivity contribution in [3.63, 3.8) is 0 Å². The van der Waals surface area contributed by atoms with E-state index in [1.165, 1.54) is 0 Å². The first-order valence-corrected chi connectivity index (χ1v) is 5.92. The molecule has 1 N–H and O–H groups in total. The van der Waals surface area contributed by atoms with Crippen molar-refractivity contribution in [1.82, 2.24) is 14.9 Å². The molecule has 0 amide bonds. The molecule has 0 radical (unpaired) electrons. The summed E-state index contributed by atoms with van der Waals surface area (Å²) in [5.41, 5.74) is 0.823. The normalized spacial score (nSPS) is 12.8. The molecule has 0 fully saturated rings. The number of carbonyl (C=O) groups excluding carboxylic acids is 1. The number of ether oxygens (including phenoxy) is 1. The van der Waals surface area contributed by atoms with E-state index in [-0.39, 0.29) is 5.97 Å². The molecule has 5 nitrogen and oxygen atoms in total. The zero-order valence-electron chi connectivity index (χ0n) is 10.9. The topological polar surface area (TPSA) is 56.1 Å². The van der Waals surface area contributed by atoms with Gasteiger partial charge in [0.2, 0.25) is 0 Å². The highest BCUT2D eigenvalue weighted by molar-refractivity contribution is 5.77. The second kappa shape index (κ2) is 6.39. The quantitative estimate of drug-likeness (QED) is 0.760. The molecule has 1 aromatic heterocycles. The van der Waals surface area contributed by atoms with Gasteiger partial charge in [0, 0.05) is 7.05 Å². The summed E-state index contributed by atoms with van der Waals surface area (Å²) in [7, 11) is 1.87. The van der Waals surface area contributed by atoms with Crippen LogP contribution in [0, 0.1) is 5.92 Å². The van der Waals surface area contributed by atoms with Crippen LogP contribution in [0.3, 0.4) is 0 Å². The second-order valence-corrected chi connectivity index (χ2v) is 4.42. The Kier molecular flexibility index (Phi) is 5.15. The zero-order valence-corrected chi connectivity index (χ0v) is 10.9. The Balaban J connectivity index is 2.79. The predicted octanol–water partition coefficient (Wildman–Crippen LogP) is 1.27. The molecule has 17 heavy (non-hydrogen) atoms. The molecule has 5 heteroatoms.